The van der Waals surface area contributed by atoms with Gasteiger partial charge in [0, 0.05) is 11.3 Å². The van der Waals surface area contributed by atoms with E-state index in [-0.39, 0.29) is 0 Å². The Bertz CT molecular complexity index is 442. The molecule has 0 amide bonds. The van der Waals surface area contributed by atoms with Gasteiger partial charge in [-0.15, -0.1) is 0 Å². The van der Waals surface area contributed by atoms with E-state index >= 15 is 0 Å². The predicted octanol–water partition coefficient (Wildman–Crippen LogP) is 3.61. The van der Waals surface area contributed by atoms with Crippen molar-refractivity contribution in [3.8, 4) is 0 Å². The van der Waals surface area contributed by atoms with Gasteiger partial charge in [0.25, 0.3) is 0 Å². The van der Waals surface area contributed by atoms with E-state index < -0.39 is 0 Å². The SMILES string of the molecule is Nc1ccccc1COC1C2CC3CC(C2)CC1C3. The molecule has 1 aromatic rings. The van der Waals surface area contributed by atoms with Gasteiger partial charge in [-0.2, -0.15) is 0 Å². The van der Waals surface area contributed by atoms with E-state index in [0.29, 0.717) is 12.7 Å². The van der Waals surface area contributed by atoms with Crippen molar-refractivity contribution in [2.24, 2.45) is 23.7 Å². The number of nitrogen functional groups attached to an aromatic ring is 1. The van der Waals surface area contributed by atoms with Crippen molar-refractivity contribution in [1.82, 2.24) is 0 Å². The van der Waals surface area contributed by atoms with E-state index in [2.05, 4.69) is 6.07 Å². The molecule has 4 aliphatic rings. The van der Waals surface area contributed by atoms with Gasteiger partial charge in [-0.1, -0.05) is 18.2 Å². The normalized spacial score (nSPS) is 39.7. The summed E-state index contributed by atoms with van der Waals surface area (Å²) in [5, 5.41) is 0. The smallest absolute Gasteiger partial charge is 0.0740 e. The topological polar surface area (TPSA) is 35.2 Å². The second kappa shape index (κ2) is 4.52. The molecule has 2 N–H and O–H groups in total. The van der Waals surface area contributed by atoms with E-state index in [4.69, 9.17) is 10.5 Å². The van der Waals surface area contributed by atoms with Crippen molar-refractivity contribution < 1.29 is 4.74 Å². The number of anilines is 1. The lowest BCUT2D eigenvalue weighted by atomic mass is 9.55. The standard InChI is InChI=1S/C17H23NO/c18-16-4-2-1-3-13(16)10-19-17-14-6-11-5-12(8-14)9-15(17)7-11/h1-4,11-12,14-15,17H,5-10,18H2. The molecule has 2 nitrogen and oxygen atoms in total. The zero-order chi connectivity index (χ0) is 12.8. The van der Waals surface area contributed by atoms with Crippen LogP contribution in [0.5, 0.6) is 0 Å². The molecule has 5 rings (SSSR count). The van der Waals surface area contributed by atoms with Crippen LogP contribution in [0, 0.1) is 23.7 Å². The number of nitrogens with two attached hydrogens (primary N) is 1. The molecule has 1 aromatic carbocycles. The molecule has 2 heteroatoms. The van der Waals surface area contributed by atoms with Gasteiger partial charge in [0.1, 0.15) is 0 Å². The summed E-state index contributed by atoms with van der Waals surface area (Å²) < 4.78 is 6.31. The van der Waals surface area contributed by atoms with Gasteiger partial charge in [-0.3, -0.25) is 0 Å². The highest BCUT2D eigenvalue weighted by Crippen LogP contribution is 2.54. The molecule has 0 atom stereocenters. The maximum Gasteiger partial charge on any atom is 0.0740 e. The van der Waals surface area contributed by atoms with Crippen molar-refractivity contribution in [2.75, 3.05) is 5.73 Å². The minimum Gasteiger partial charge on any atom is -0.398 e. The first-order chi connectivity index (χ1) is 9.29. The summed E-state index contributed by atoms with van der Waals surface area (Å²) in [7, 11) is 0. The second-order valence-corrected chi connectivity index (χ2v) is 6.91. The number of hydrogen-bond acceptors (Lipinski definition) is 2. The Labute approximate surface area is 115 Å². The summed E-state index contributed by atoms with van der Waals surface area (Å²) in [6.07, 6.45) is 7.69. The van der Waals surface area contributed by atoms with E-state index in [9.17, 15) is 0 Å². The molecular weight excluding hydrogens is 234 g/mol. The lowest BCUT2D eigenvalue weighted by Gasteiger charge is -2.54. The molecule has 4 aliphatic carbocycles. The number of ether oxygens (including phenoxy) is 1. The molecule has 0 heterocycles. The van der Waals surface area contributed by atoms with E-state index in [1.807, 2.05) is 18.2 Å². The zero-order valence-corrected chi connectivity index (χ0v) is 11.4. The molecule has 102 valence electrons. The Morgan fingerprint density at radius 2 is 1.58 bits per heavy atom. The van der Waals surface area contributed by atoms with Gasteiger partial charge in [0.15, 0.2) is 0 Å². The maximum absolute atomic E-state index is 6.31. The fraction of sp³-hybridized carbons (Fsp3) is 0.647. The summed E-state index contributed by atoms with van der Waals surface area (Å²) >= 11 is 0. The highest BCUT2D eigenvalue weighted by molar-refractivity contribution is 5.45. The Hall–Kier alpha value is -1.02. The van der Waals surface area contributed by atoms with Crippen LogP contribution in [0.15, 0.2) is 24.3 Å². The molecule has 0 aromatic heterocycles. The van der Waals surface area contributed by atoms with Crippen LogP contribution in [0.4, 0.5) is 5.69 Å². The Morgan fingerprint density at radius 3 is 2.21 bits per heavy atom. The van der Waals surface area contributed by atoms with E-state index in [1.54, 1.807) is 0 Å². The van der Waals surface area contributed by atoms with Crippen molar-refractivity contribution in [3.63, 3.8) is 0 Å². The fourth-order valence-corrected chi connectivity index (χ4v) is 5.00. The van der Waals surface area contributed by atoms with Crippen molar-refractivity contribution in [2.45, 2.75) is 44.8 Å². The molecule has 4 bridgehead atoms. The molecule has 0 spiro atoms. The molecule has 4 saturated carbocycles. The second-order valence-electron chi connectivity index (χ2n) is 6.91. The number of rotatable bonds is 3. The number of para-hydroxylation sites is 1. The largest absolute Gasteiger partial charge is 0.398 e. The third kappa shape index (κ3) is 2.06. The molecule has 0 radical (unpaired) electrons. The molecule has 4 fully saturated rings. The van der Waals surface area contributed by atoms with Crippen LogP contribution < -0.4 is 5.73 Å². The van der Waals surface area contributed by atoms with Gasteiger partial charge in [0.05, 0.1) is 12.7 Å². The maximum atomic E-state index is 6.31. The summed E-state index contributed by atoms with van der Waals surface area (Å²) in [6.45, 7) is 0.694. The van der Waals surface area contributed by atoms with Gasteiger partial charge >= 0.3 is 0 Å². The summed E-state index contributed by atoms with van der Waals surface area (Å²) in [5.41, 5.74) is 8.02. The monoisotopic (exact) mass is 257 g/mol. The van der Waals surface area contributed by atoms with Crippen LogP contribution >= 0.6 is 0 Å². The first-order valence-electron chi connectivity index (χ1n) is 7.74. The lowest BCUT2D eigenvalue weighted by molar-refractivity contribution is -0.131. The minimum atomic E-state index is 0.507. The number of benzene rings is 1. The van der Waals surface area contributed by atoms with Crippen LogP contribution in [0.2, 0.25) is 0 Å². The average molecular weight is 257 g/mol. The summed E-state index contributed by atoms with van der Waals surface area (Å²) in [5.74, 6) is 3.70. The summed E-state index contributed by atoms with van der Waals surface area (Å²) in [6, 6.07) is 8.09. The van der Waals surface area contributed by atoms with E-state index in [0.717, 1.165) is 34.9 Å². The van der Waals surface area contributed by atoms with Crippen LogP contribution in [0.3, 0.4) is 0 Å². The van der Waals surface area contributed by atoms with Gasteiger partial charge in [-0.05, 0) is 61.8 Å². The van der Waals surface area contributed by atoms with E-state index in [1.165, 1.54) is 32.1 Å². The van der Waals surface area contributed by atoms with Crippen LogP contribution in [-0.4, -0.2) is 6.10 Å². The van der Waals surface area contributed by atoms with Crippen molar-refractivity contribution >= 4 is 5.69 Å². The first kappa shape index (κ1) is 11.8. The Balaban J connectivity index is 1.45. The van der Waals surface area contributed by atoms with Crippen molar-refractivity contribution in [3.05, 3.63) is 29.8 Å². The molecule has 0 aliphatic heterocycles. The van der Waals surface area contributed by atoms with Gasteiger partial charge in [-0.25, -0.2) is 0 Å². The quantitative estimate of drug-likeness (QED) is 0.840. The van der Waals surface area contributed by atoms with Gasteiger partial charge < -0.3 is 10.5 Å². The van der Waals surface area contributed by atoms with Crippen LogP contribution in [-0.2, 0) is 11.3 Å². The highest BCUT2D eigenvalue weighted by Gasteiger charge is 2.48. The average Bonchev–Trinajstić information content (AvgIpc) is 2.39. The Kier molecular flexibility index (Phi) is 2.80. The minimum absolute atomic E-state index is 0.507. The first-order valence-corrected chi connectivity index (χ1v) is 7.74. The predicted molar refractivity (Wildman–Crippen MR) is 76.5 cm³/mol. The van der Waals surface area contributed by atoms with Gasteiger partial charge in [0.2, 0.25) is 0 Å². The summed E-state index contributed by atoms with van der Waals surface area (Å²) in [4.78, 5) is 0. The zero-order valence-electron chi connectivity index (χ0n) is 11.4. The third-order valence-electron chi connectivity index (χ3n) is 5.63. The molecule has 19 heavy (non-hydrogen) atoms. The Morgan fingerprint density at radius 1 is 0.947 bits per heavy atom. The molecule has 0 unspecified atom stereocenters. The molecule has 0 saturated heterocycles. The van der Waals surface area contributed by atoms with Crippen molar-refractivity contribution in [1.29, 1.82) is 0 Å². The molecular formula is C17H23NO. The highest BCUT2D eigenvalue weighted by atomic mass is 16.5. The number of hydrogen-bond donors (Lipinski definition) is 1. The fourth-order valence-electron chi connectivity index (χ4n) is 5.00. The third-order valence-corrected chi connectivity index (χ3v) is 5.63. The lowest BCUT2D eigenvalue weighted by Crippen LogP contribution is -2.49. The van der Waals surface area contributed by atoms with Crippen LogP contribution in [0.25, 0.3) is 0 Å². The van der Waals surface area contributed by atoms with Crippen LogP contribution in [0.1, 0.15) is 37.7 Å².